The van der Waals surface area contributed by atoms with Crippen molar-refractivity contribution in [3.05, 3.63) is 12.2 Å². The van der Waals surface area contributed by atoms with Gasteiger partial charge in [0.15, 0.2) is 0 Å². The summed E-state index contributed by atoms with van der Waals surface area (Å²) in [6, 6.07) is 0.718. The molecule has 2 aliphatic carbocycles. The van der Waals surface area contributed by atoms with E-state index in [2.05, 4.69) is 25.7 Å². The van der Waals surface area contributed by atoms with Crippen molar-refractivity contribution < 1.29 is 0 Å². The van der Waals surface area contributed by atoms with E-state index in [1.54, 1.807) is 0 Å². The van der Waals surface area contributed by atoms with Crippen LogP contribution < -0.4 is 5.32 Å². The molecule has 0 saturated heterocycles. The van der Waals surface area contributed by atoms with Crippen LogP contribution >= 0.6 is 0 Å². The first-order valence-corrected chi connectivity index (χ1v) is 6.64. The zero-order valence-corrected chi connectivity index (χ0v) is 10.3. The zero-order valence-electron chi connectivity index (χ0n) is 10.3. The predicted molar refractivity (Wildman–Crippen MR) is 65.8 cm³/mol. The van der Waals surface area contributed by atoms with Gasteiger partial charge in [-0.1, -0.05) is 26.0 Å². The maximum absolute atomic E-state index is 4.16. The second kappa shape index (κ2) is 4.69. The van der Waals surface area contributed by atoms with Crippen molar-refractivity contribution in [1.82, 2.24) is 5.32 Å². The van der Waals surface area contributed by atoms with Crippen LogP contribution in [-0.2, 0) is 0 Å². The molecule has 1 nitrogen and oxygen atoms in total. The van der Waals surface area contributed by atoms with E-state index in [-0.39, 0.29) is 0 Å². The fraction of sp³-hybridized carbons (Fsp3) is 0.857. The standard InChI is InChI=1S/C14H25N/c1-4-10(3)6-14(15-5-2)13-8-11-7-12(11)9-13/h11-15H,3-9H2,1-2H3. The number of nitrogens with one attached hydrogen (secondary N) is 1. The molecular formula is C14H25N. The Bertz CT molecular complexity index is 223. The quantitative estimate of drug-likeness (QED) is 0.658. The minimum atomic E-state index is 0.718. The van der Waals surface area contributed by atoms with Crippen LogP contribution in [0.4, 0.5) is 0 Å². The summed E-state index contributed by atoms with van der Waals surface area (Å²) in [5.41, 5.74) is 1.42. The summed E-state index contributed by atoms with van der Waals surface area (Å²) in [4.78, 5) is 0. The molecule has 0 aliphatic heterocycles. The van der Waals surface area contributed by atoms with Gasteiger partial charge >= 0.3 is 0 Å². The van der Waals surface area contributed by atoms with Crippen molar-refractivity contribution in [1.29, 1.82) is 0 Å². The fourth-order valence-electron chi connectivity index (χ4n) is 3.21. The topological polar surface area (TPSA) is 12.0 Å². The van der Waals surface area contributed by atoms with Crippen molar-refractivity contribution >= 4 is 0 Å². The SMILES string of the molecule is C=C(CC)CC(NCC)C1CC2CC2C1. The molecule has 2 aliphatic rings. The summed E-state index contributed by atoms with van der Waals surface area (Å²) in [5, 5.41) is 3.67. The first-order chi connectivity index (χ1) is 7.24. The third-order valence-corrected chi connectivity index (χ3v) is 4.32. The van der Waals surface area contributed by atoms with Gasteiger partial charge in [0.2, 0.25) is 0 Å². The average molecular weight is 207 g/mol. The van der Waals surface area contributed by atoms with Crippen molar-refractivity contribution in [3.8, 4) is 0 Å². The van der Waals surface area contributed by atoms with E-state index >= 15 is 0 Å². The Morgan fingerprint density at radius 3 is 2.47 bits per heavy atom. The molecule has 15 heavy (non-hydrogen) atoms. The van der Waals surface area contributed by atoms with Crippen LogP contribution in [0.2, 0.25) is 0 Å². The minimum Gasteiger partial charge on any atom is -0.314 e. The molecule has 86 valence electrons. The Hall–Kier alpha value is -0.300. The molecule has 0 bridgehead atoms. The molecule has 3 atom stereocenters. The van der Waals surface area contributed by atoms with E-state index in [1.807, 2.05) is 0 Å². The molecule has 0 spiro atoms. The Labute approximate surface area is 94.3 Å². The van der Waals surface area contributed by atoms with Crippen LogP contribution in [0.3, 0.4) is 0 Å². The van der Waals surface area contributed by atoms with Crippen LogP contribution in [0.25, 0.3) is 0 Å². The van der Waals surface area contributed by atoms with Gasteiger partial charge in [-0.15, -0.1) is 0 Å². The van der Waals surface area contributed by atoms with Gasteiger partial charge in [-0.3, -0.25) is 0 Å². The maximum Gasteiger partial charge on any atom is 0.0132 e. The molecule has 0 heterocycles. The van der Waals surface area contributed by atoms with Gasteiger partial charge in [-0.2, -0.15) is 0 Å². The molecule has 0 aromatic rings. The highest BCUT2D eigenvalue weighted by atomic mass is 14.9. The normalized spacial score (nSPS) is 34.9. The van der Waals surface area contributed by atoms with Crippen LogP contribution in [0, 0.1) is 17.8 Å². The number of hydrogen-bond donors (Lipinski definition) is 1. The molecule has 2 rings (SSSR count). The molecule has 1 N–H and O–H groups in total. The average Bonchev–Trinajstić information content (AvgIpc) is 2.85. The highest BCUT2D eigenvalue weighted by Crippen LogP contribution is 2.55. The first-order valence-electron chi connectivity index (χ1n) is 6.64. The summed E-state index contributed by atoms with van der Waals surface area (Å²) in [6.45, 7) is 9.70. The third-order valence-electron chi connectivity index (χ3n) is 4.32. The summed E-state index contributed by atoms with van der Waals surface area (Å²) in [7, 11) is 0. The van der Waals surface area contributed by atoms with E-state index < -0.39 is 0 Å². The summed E-state index contributed by atoms with van der Waals surface area (Å²) < 4.78 is 0. The Balaban J connectivity index is 1.84. The number of rotatable bonds is 6. The molecule has 1 heteroatoms. The molecule has 0 amide bonds. The molecule has 2 fully saturated rings. The maximum atomic E-state index is 4.16. The zero-order chi connectivity index (χ0) is 10.8. The molecule has 3 unspecified atom stereocenters. The van der Waals surface area contributed by atoms with Crippen molar-refractivity contribution in [3.63, 3.8) is 0 Å². The van der Waals surface area contributed by atoms with E-state index in [0.29, 0.717) is 0 Å². The first kappa shape index (κ1) is 11.2. The molecule has 2 saturated carbocycles. The Morgan fingerprint density at radius 1 is 1.27 bits per heavy atom. The van der Waals surface area contributed by atoms with Crippen molar-refractivity contribution in [2.45, 2.75) is 52.0 Å². The van der Waals surface area contributed by atoms with Gasteiger partial charge in [0, 0.05) is 6.04 Å². The lowest BCUT2D eigenvalue weighted by molar-refractivity contribution is 0.335. The Morgan fingerprint density at radius 2 is 1.93 bits per heavy atom. The predicted octanol–water partition coefficient (Wildman–Crippen LogP) is 3.37. The highest BCUT2D eigenvalue weighted by molar-refractivity contribution is 5.04. The van der Waals surface area contributed by atoms with Crippen LogP contribution in [-0.4, -0.2) is 12.6 Å². The summed E-state index contributed by atoms with van der Waals surface area (Å²) >= 11 is 0. The second-order valence-electron chi connectivity index (χ2n) is 5.46. The summed E-state index contributed by atoms with van der Waals surface area (Å²) in [5.74, 6) is 3.15. The highest BCUT2D eigenvalue weighted by Gasteiger charge is 2.47. The molecule has 0 aromatic heterocycles. The van der Waals surface area contributed by atoms with E-state index in [4.69, 9.17) is 0 Å². The van der Waals surface area contributed by atoms with Crippen LogP contribution in [0.5, 0.6) is 0 Å². The van der Waals surface area contributed by atoms with E-state index in [9.17, 15) is 0 Å². The van der Waals surface area contributed by atoms with Gasteiger partial charge in [0.05, 0.1) is 0 Å². The fourth-order valence-corrected chi connectivity index (χ4v) is 3.21. The smallest absolute Gasteiger partial charge is 0.0132 e. The van der Waals surface area contributed by atoms with Gasteiger partial charge in [-0.25, -0.2) is 0 Å². The lowest BCUT2D eigenvalue weighted by atomic mass is 9.89. The third kappa shape index (κ3) is 2.63. The largest absolute Gasteiger partial charge is 0.314 e. The summed E-state index contributed by atoms with van der Waals surface area (Å²) in [6.07, 6.45) is 6.85. The minimum absolute atomic E-state index is 0.718. The van der Waals surface area contributed by atoms with E-state index in [0.717, 1.165) is 36.8 Å². The second-order valence-corrected chi connectivity index (χ2v) is 5.46. The van der Waals surface area contributed by atoms with Gasteiger partial charge in [0.25, 0.3) is 0 Å². The molecule has 0 aromatic carbocycles. The van der Waals surface area contributed by atoms with Crippen molar-refractivity contribution in [2.75, 3.05) is 6.54 Å². The molecular weight excluding hydrogens is 182 g/mol. The van der Waals surface area contributed by atoms with Crippen LogP contribution in [0.1, 0.15) is 46.0 Å². The van der Waals surface area contributed by atoms with E-state index in [1.165, 1.54) is 31.3 Å². The number of hydrogen-bond acceptors (Lipinski definition) is 1. The number of fused-ring (bicyclic) bond motifs is 1. The van der Waals surface area contributed by atoms with Crippen LogP contribution in [0.15, 0.2) is 12.2 Å². The van der Waals surface area contributed by atoms with Gasteiger partial charge in [0.1, 0.15) is 0 Å². The monoisotopic (exact) mass is 207 g/mol. The van der Waals surface area contributed by atoms with Crippen molar-refractivity contribution in [2.24, 2.45) is 17.8 Å². The van der Waals surface area contributed by atoms with Gasteiger partial charge in [-0.05, 0) is 56.4 Å². The van der Waals surface area contributed by atoms with Gasteiger partial charge < -0.3 is 5.32 Å². The Kier molecular flexibility index (Phi) is 3.50. The lowest BCUT2D eigenvalue weighted by Crippen LogP contribution is -2.36. The molecule has 0 radical (unpaired) electrons. The lowest BCUT2D eigenvalue weighted by Gasteiger charge is -2.26.